The van der Waals surface area contributed by atoms with Gasteiger partial charge in [-0.2, -0.15) is 13.2 Å². The molecule has 1 N–H and O–H groups in total. The molecule has 3 unspecified atom stereocenters. The normalized spacial score (nSPS) is 20.3. The number of carboxylic acids is 1. The SMILES string of the molecule is CCCCc1ccc(C(CCC)N2CCC(CC(=O)O)CC2c2ccc(C(F)(F)F)cc2)cc1. The van der Waals surface area contributed by atoms with E-state index in [4.69, 9.17) is 0 Å². The Balaban J connectivity index is 1.91. The predicted octanol–water partition coefficient (Wildman–Crippen LogP) is 7.82. The lowest BCUT2D eigenvalue weighted by Crippen LogP contribution is -2.40. The topological polar surface area (TPSA) is 40.5 Å². The number of carboxylic acid groups (broad SMARTS) is 1. The summed E-state index contributed by atoms with van der Waals surface area (Å²) in [6, 6.07) is 14.2. The van der Waals surface area contributed by atoms with E-state index in [1.807, 2.05) is 0 Å². The molecule has 1 fully saturated rings. The number of unbranched alkanes of at least 4 members (excludes halogenated alkanes) is 1. The molecule has 2 aromatic carbocycles. The number of hydrogen-bond acceptors (Lipinski definition) is 2. The van der Waals surface area contributed by atoms with E-state index in [-0.39, 0.29) is 24.4 Å². The van der Waals surface area contributed by atoms with Gasteiger partial charge in [-0.15, -0.1) is 0 Å². The van der Waals surface area contributed by atoms with Gasteiger partial charge in [0.15, 0.2) is 0 Å². The lowest BCUT2D eigenvalue weighted by atomic mass is 9.82. The molecule has 186 valence electrons. The van der Waals surface area contributed by atoms with E-state index in [0.717, 1.165) is 62.8 Å². The Labute approximate surface area is 201 Å². The molecule has 1 aliphatic heterocycles. The number of carbonyl (C=O) groups is 1. The Morgan fingerprint density at radius 3 is 2.29 bits per heavy atom. The Hall–Kier alpha value is -2.34. The summed E-state index contributed by atoms with van der Waals surface area (Å²) in [5, 5.41) is 9.33. The molecule has 2 aromatic rings. The van der Waals surface area contributed by atoms with Gasteiger partial charge < -0.3 is 5.11 Å². The van der Waals surface area contributed by atoms with Crippen molar-refractivity contribution in [1.29, 1.82) is 0 Å². The van der Waals surface area contributed by atoms with Crippen LogP contribution >= 0.6 is 0 Å². The molecule has 0 aliphatic carbocycles. The first-order valence-corrected chi connectivity index (χ1v) is 12.5. The molecule has 0 aromatic heterocycles. The van der Waals surface area contributed by atoms with Crippen LogP contribution in [0.25, 0.3) is 0 Å². The van der Waals surface area contributed by atoms with Crippen LogP contribution in [0.2, 0.25) is 0 Å². The van der Waals surface area contributed by atoms with Crippen LogP contribution in [0.4, 0.5) is 13.2 Å². The lowest BCUT2D eigenvalue weighted by Gasteiger charge is -2.44. The monoisotopic (exact) mass is 475 g/mol. The fourth-order valence-electron chi connectivity index (χ4n) is 5.17. The zero-order valence-electron chi connectivity index (χ0n) is 20.2. The molecule has 0 amide bonds. The second kappa shape index (κ2) is 11.9. The van der Waals surface area contributed by atoms with Crippen molar-refractivity contribution in [3.05, 3.63) is 70.8 Å². The number of likely N-dealkylation sites (tertiary alicyclic amines) is 1. The summed E-state index contributed by atoms with van der Waals surface area (Å²) in [4.78, 5) is 13.8. The third-order valence-electron chi connectivity index (χ3n) is 6.98. The minimum absolute atomic E-state index is 0.0136. The van der Waals surface area contributed by atoms with Crippen molar-refractivity contribution in [3.63, 3.8) is 0 Å². The van der Waals surface area contributed by atoms with E-state index < -0.39 is 17.7 Å². The molecule has 3 rings (SSSR count). The van der Waals surface area contributed by atoms with Gasteiger partial charge in [0.25, 0.3) is 0 Å². The molecule has 0 radical (unpaired) electrons. The van der Waals surface area contributed by atoms with E-state index in [9.17, 15) is 23.1 Å². The van der Waals surface area contributed by atoms with Gasteiger partial charge in [-0.1, -0.05) is 63.1 Å². The van der Waals surface area contributed by atoms with E-state index >= 15 is 0 Å². The molecule has 6 heteroatoms. The molecular weight excluding hydrogens is 439 g/mol. The number of halogens is 3. The number of hydrogen-bond donors (Lipinski definition) is 1. The number of piperidine rings is 1. The molecule has 0 saturated carbocycles. The maximum Gasteiger partial charge on any atom is 0.416 e. The average Bonchev–Trinajstić information content (AvgIpc) is 2.81. The van der Waals surface area contributed by atoms with E-state index in [2.05, 4.69) is 43.0 Å². The average molecular weight is 476 g/mol. The highest BCUT2D eigenvalue weighted by Crippen LogP contribution is 2.43. The van der Waals surface area contributed by atoms with Crippen molar-refractivity contribution in [2.24, 2.45) is 5.92 Å². The number of aliphatic carboxylic acids is 1. The van der Waals surface area contributed by atoms with Crippen LogP contribution in [0.1, 0.15) is 93.1 Å². The number of alkyl halides is 3. The molecule has 1 aliphatic rings. The van der Waals surface area contributed by atoms with E-state index in [0.29, 0.717) is 6.42 Å². The second-order valence-corrected chi connectivity index (χ2v) is 9.51. The summed E-state index contributed by atoms with van der Waals surface area (Å²) in [5.74, 6) is -0.808. The lowest BCUT2D eigenvalue weighted by molar-refractivity contribution is -0.139. The van der Waals surface area contributed by atoms with Gasteiger partial charge in [0.05, 0.1) is 5.56 Å². The van der Waals surface area contributed by atoms with Gasteiger partial charge in [-0.3, -0.25) is 9.69 Å². The minimum atomic E-state index is -4.37. The van der Waals surface area contributed by atoms with Crippen molar-refractivity contribution < 1.29 is 23.1 Å². The Kier molecular flexibility index (Phi) is 9.17. The van der Waals surface area contributed by atoms with Crippen molar-refractivity contribution in [2.75, 3.05) is 6.54 Å². The largest absolute Gasteiger partial charge is 0.481 e. The molecule has 0 spiro atoms. The summed E-state index contributed by atoms with van der Waals surface area (Å²) >= 11 is 0. The fraction of sp³-hybridized carbons (Fsp3) is 0.536. The van der Waals surface area contributed by atoms with Crippen molar-refractivity contribution in [1.82, 2.24) is 4.90 Å². The van der Waals surface area contributed by atoms with Gasteiger partial charge in [0, 0.05) is 18.5 Å². The first-order valence-electron chi connectivity index (χ1n) is 12.5. The number of rotatable bonds is 10. The summed E-state index contributed by atoms with van der Waals surface area (Å²) in [6.45, 7) is 5.06. The van der Waals surface area contributed by atoms with Crippen LogP contribution in [0, 0.1) is 5.92 Å². The van der Waals surface area contributed by atoms with Crippen LogP contribution in [0.5, 0.6) is 0 Å². The minimum Gasteiger partial charge on any atom is -0.481 e. The maximum atomic E-state index is 13.1. The number of nitrogens with zero attached hydrogens (tertiary/aromatic N) is 1. The summed E-state index contributed by atoms with van der Waals surface area (Å²) < 4.78 is 39.4. The maximum absolute atomic E-state index is 13.1. The summed E-state index contributed by atoms with van der Waals surface area (Å²) in [5.41, 5.74) is 2.70. The third kappa shape index (κ3) is 6.84. The van der Waals surface area contributed by atoms with Crippen molar-refractivity contribution in [3.8, 4) is 0 Å². The number of benzene rings is 2. The molecule has 1 saturated heterocycles. The van der Waals surface area contributed by atoms with Crippen molar-refractivity contribution in [2.45, 2.75) is 83.5 Å². The molecule has 1 heterocycles. The summed E-state index contributed by atoms with van der Waals surface area (Å²) in [7, 11) is 0. The van der Waals surface area contributed by atoms with Gasteiger partial charge >= 0.3 is 12.1 Å². The zero-order chi connectivity index (χ0) is 24.7. The molecule has 34 heavy (non-hydrogen) atoms. The summed E-state index contributed by atoms with van der Waals surface area (Å²) in [6.07, 6.45) is 2.42. The molecule has 3 atom stereocenters. The highest BCUT2D eigenvalue weighted by Gasteiger charge is 2.36. The van der Waals surface area contributed by atoms with Gasteiger partial charge in [0.1, 0.15) is 0 Å². The van der Waals surface area contributed by atoms with Crippen LogP contribution in [0.15, 0.2) is 48.5 Å². The highest BCUT2D eigenvalue weighted by molar-refractivity contribution is 5.67. The van der Waals surface area contributed by atoms with E-state index in [1.165, 1.54) is 11.1 Å². The highest BCUT2D eigenvalue weighted by atomic mass is 19.4. The smallest absolute Gasteiger partial charge is 0.416 e. The standard InChI is InChI=1S/C28H36F3NO2/c1-3-5-7-20-8-10-22(11-9-20)25(6-4-2)32-17-16-21(19-27(33)34)18-26(32)23-12-14-24(15-13-23)28(29,30)31/h8-15,21,25-26H,3-7,16-19H2,1-2H3,(H,33,34). The fourth-order valence-corrected chi connectivity index (χ4v) is 5.17. The van der Waals surface area contributed by atoms with Gasteiger partial charge in [-0.05, 0) is 73.4 Å². The third-order valence-corrected chi connectivity index (χ3v) is 6.98. The molecule has 0 bridgehead atoms. The van der Waals surface area contributed by atoms with Gasteiger partial charge in [0.2, 0.25) is 0 Å². The Bertz CT molecular complexity index is 909. The second-order valence-electron chi connectivity index (χ2n) is 9.51. The molecule has 3 nitrogen and oxygen atoms in total. The zero-order valence-corrected chi connectivity index (χ0v) is 20.2. The van der Waals surface area contributed by atoms with Gasteiger partial charge in [-0.25, -0.2) is 0 Å². The van der Waals surface area contributed by atoms with Crippen molar-refractivity contribution >= 4 is 5.97 Å². The number of aryl methyl sites for hydroxylation is 1. The first-order chi connectivity index (χ1) is 16.2. The first kappa shape index (κ1) is 26.3. The predicted molar refractivity (Wildman–Crippen MR) is 129 cm³/mol. The quantitative estimate of drug-likeness (QED) is 0.381. The van der Waals surface area contributed by atoms with Crippen LogP contribution < -0.4 is 0 Å². The Morgan fingerprint density at radius 2 is 1.74 bits per heavy atom. The van der Waals surface area contributed by atoms with Crippen LogP contribution in [-0.4, -0.2) is 22.5 Å². The molecular formula is C28H36F3NO2. The van der Waals surface area contributed by atoms with E-state index in [1.54, 1.807) is 12.1 Å². The van der Waals surface area contributed by atoms with Crippen LogP contribution in [0.3, 0.4) is 0 Å². The Morgan fingerprint density at radius 1 is 1.06 bits per heavy atom. The van der Waals surface area contributed by atoms with Crippen LogP contribution in [-0.2, 0) is 17.4 Å².